The molecule has 86 valence electrons. The van der Waals surface area contributed by atoms with E-state index in [9.17, 15) is 4.79 Å². The molecule has 0 aliphatic heterocycles. The first kappa shape index (κ1) is 10.8. The lowest BCUT2D eigenvalue weighted by atomic mass is 10.2. The predicted molar refractivity (Wildman–Crippen MR) is 64.8 cm³/mol. The zero-order valence-corrected chi connectivity index (χ0v) is 9.78. The van der Waals surface area contributed by atoms with Gasteiger partial charge in [0.25, 0.3) is 0 Å². The van der Waals surface area contributed by atoms with Gasteiger partial charge in [-0.1, -0.05) is 13.8 Å². The second kappa shape index (κ2) is 4.04. The minimum atomic E-state index is -0.323. The van der Waals surface area contributed by atoms with E-state index < -0.39 is 0 Å². The van der Waals surface area contributed by atoms with E-state index in [-0.39, 0.29) is 5.76 Å². The minimum absolute atomic E-state index is 0.323. The number of aryl methyl sites for hydroxylation is 1. The lowest BCUT2D eigenvalue weighted by molar-refractivity contribution is 0.528. The first-order valence-electron chi connectivity index (χ1n) is 5.41. The number of rotatable bonds is 3. The van der Waals surface area contributed by atoms with Crippen LogP contribution in [0.3, 0.4) is 0 Å². The van der Waals surface area contributed by atoms with Gasteiger partial charge in [0, 0.05) is 25.3 Å². The Morgan fingerprint density at radius 2 is 2.19 bits per heavy atom. The number of nitrogens with one attached hydrogen (secondary N) is 1. The molecular weight excluding hydrogens is 204 g/mol. The molecule has 0 spiro atoms. The third kappa shape index (κ3) is 1.96. The van der Waals surface area contributed by atoms with Gasteiger partial charge in [0.2, 0.25) is 0 Å². The van der Waals surface area contributed by atoms with Gasteiger partial charge in [-0.2, -0.15) is 0 Å². The molecule has 2 rings (SSSR count). The third-order valence-corrected chi connectivity index (χ3v) is 2.51. The number of fused-ring (bicyclic) bond motifs is 1. The monoisotopic (exact) mass is 220 g/mol. The van der Waals surface area contributed by atoms with Gasteiger partial charge in [-0.25, -0.2) is 4.79 Å². The predicted octanol–water partition coefficient (Wildman–Crippen LogP) is 2.20. The van der Waals surface area contributed by atoms with Crippen molar-refractivity contribution in [2.45, 2.75) is 13.8 Å². The van der Waals surface area contributed by atoms with E-state index in [0.717, 1.165) is 17.7 Å². The third-order valence-electron chi connectivity index (χ3n) is 2.51. The van der Waals surface area contributed by atoms with Gasteiger partial charge >= 0.3 is 5.76 Å². The van der Waals surface area contributed by atoms with Gasteiger partial charge in [0.15, 0.2) is 5.58 Å². The Balaban J connectivity index is 2.33. The van der Waals surface area contributed by atoms with Crippen LogP contribution in [-0.2, 0) is 7.05 Å². The normalized spacial score (nSPS) is 11.2. The molecule has 0 atom stereocenters. The first-order chi connectivity index (χ1) is 7.58. The van der Waals surface area contributed by atoms with Crippen LogP contribution < -0.4 is 11.1 Å². The topological polar surface area (TPSA) is 47.2 Å². The smallest absolute Gasteiger partial charge is 0.408 e. The summed E-state index contributed by atoms with van der Waals surface area (Å²) in [4.78, 5) is 11.3. The summed E-state index contributed by atoms with van der Waals surface area (Å²) in [5.74, 6) is 0.259. The maximum atomic E-state index is 11.3. The molecule has 0 amide bonds. The minimum Gasteiger partial charge on any atom is -0.408 e. The molecule has 2 aromatic rings. The molecule has 1 aromatic heterocycles. The molecule has 0 fully saturated rings. The van der Waals surface area contributed by atoms with Crippen LogP contribution in [0.25, 0.3) is 11.1 Å². The van der Waals surface area contributed by atoms with Crippen molar-refractivity contribution in [2.75, 3.05) is 11.9 Å². The molecule has 0 aliphatic rings. The van der Waals surface area contributed by atoms with Gasteiger partial charge in [-0.15, -0.1) is 0 Å². The molecule has 0 saturated carbocycles. The largest absolute Gasteiger partial charge is 0.419 e. The maximum absolute atomic E-state index is 11.3. The Hall–Kier alpha value is -1.71. The molecule has 0 aliphatic carbocycles. The van der Waals surface area contributed by atoms with E-state index in [2.05, 4.69) is 19.2 Å². The molecule has 4 heteroatoms. The number of benzene rings is 1. The second-order valence-corrected chi connectivity index (χ2v) is 4.38. The summed E-state index contributed by atoms with van der Waals surface area (Å²) in [6, 6.07) is 5.71. The van der Waals surface area contributed by atoms with Crippen molar-refractivity contribution in [3.05, 3.63) is 28.7 Å². The molecule has 1 N–H and O–H groups in total. The Morgan fingerprint density at radius 1 is 1.44 bits per heavy atom. The van der Waals surface area contributed by atoms with Crippen LogP contribution >= 0.6 is 0 Å². The van der Waals surface area contributed by atoms with Crippen molar-refractivity contribution in [1.82, 2.24) is 4.57 Å². The number of hydrogen-bond donors (Lipinski definition) is 1. The van der Waals surface area contributed by atoms with E-state index in [1.54, 1.807) is 7.05 Å². The number of hydrogen-bond acceptors (Lipinski definition) is 3. The van der Waals surface area contributed by atoms with E-state index >= 15 is 0 Å². The number of nitrogens with zero attached hydrogens (tertiary/aromatic N) is 1. The van der Waals surface area contributed by atoms with E-state index in [1.807, 2.05) is 18.2 Å². The molecule has 4 nitrogen and oxygen atoms in total. The van der Waals surface area contributed by atoms with Crippen LogP contribution in [0.4, 0.5) is 5.69 Å². The fourth-order valence-corrected chi connectivity index (χ4v) is 1.57. The van der Waals surface area contributed by atoms with Crippen LogP contribution in [0.5, 0.6) is 0 Å². The van der Waals surface area contributed by atoms with Crippen molar-refractivity contribution >= 4 is 16.8 Å². The van der Waals surface area contributed by atoms with E-state index in [1.165, 1.54) is 4.57 Å². The van der Waals surface area contributed by atoms with Gasteiger partial charge < -0.3 is 9.73 Å². The zero-order valence-electron chi connectivity index (χ0n) is 9.78. The lowest BCUT2D eigenvalue weighted by Crippen LogP contribution is -2.08. The van der Waals surface area contributed by atoms with Crippen LogP contribution in [0.1, 0.15) is 13.8 Å². The second-order valence-electron chi connectivity index (χ2n) is 4.38. The zero-order chi connectivity index (χ0) is 11.7. The van der Waals surface area contributed by atoms with Gasteiger partial charge in [-0.05, 0) is 18.1 Å². The van der Waals surface area contributed by atoms with Crippen molar-refractivity contribution < 1.29 is 4.42 Å². The molecule has 0 saturated heterocycles. The van der Waals surface area contributed by atoms with Crippen LogP contribution in [0, 0.1) is 5.92 Å². The van der Waals surface area contributed by atoms with Crippen LogP contribution in [-0.4, -0.2) is 11.1 Å². The molecule has 1 heterocycles. The van der Waals surface area contributed by atoms with Gasteiger partial charge in [0.05, 0.1) is 5.52 Å². The molecule has 1 aromatic carbocycles. The fraction of sp³-hybridized carbons (Fsp3) is 0.417. The molecule has 16 heavy (non-hydrogen) atoms. The highest BCUT2D eigenvalue weighted by Gasteiger charge is 2.06. The number of aromatic nitrogens is 1. The fourth-order valence-electron chi connectivity index (χ4n) is 1.57. The Labute approximate surface area is 93.9 Å². The molecule has 0 radical (unpaired) electrons. The Kier molecular flexibility index (Phi) is 2.73. The van der Waals surface area contributed by atoms with E-state index in [0.29, 0.717) is 11.5 Å². The lowest BCUT2D eigenvalue weighted by Gasteiger charge is -2.08. The summed E-state index contributed by atoms with van der Waals surface area (Å²) >= 11 is 0. The van der Waals surface area contributed by atoms with Gasteiger partial charge in [-0.3, -0.25) is 4.57 Å². The summed E-state index contributed by atoms with van der Waals surface area (Å²) in [5.41, 5.74) is 2.43. The SMILES string of the molecule is CC(C)CNc1ccc2c(c1)oc(=O)n2C. The summed E-state index contributed by atoms with van der Waals surface area (Å²) < 4.78 is 6.62. The number of oxazole rings is 1. The molecule has 0 unspecified atom stereocenters. The summed E-state index contributed by atoms with van der Waals surface area (Å²) in [6.07, 6.45) is 0. The highest BCUT2D eigenvalue weighted by atomic mass is 16.4. The van der Waals surface area contributed by atoms with E-state index in [4.69, 9.17) is 4.42 Å². The van der Waals surface area contributed by atoms with Crippen molar-refractivity contribution in [3.8, 4) is 0 Å². The highest BCUT2D eigenvalue weighted by molar-refractivity contribution is 5.77. The average molecular weight is 220 g/mol. The van der Waals surface area contributed by atoms with Crippen LogP contribution in [0.2, 0.25) is 0 Å². The molecular formula is C12H16N2O2. The standard InChI is InChI=1S/C12H16N2O2/c1-8(2)7-13-9-4-5-10-11(6-9)16-12(15)14(10)3/h4-6,8,13H,7H2,1-3H3. The van der Waals surface area contributed by atoms with Crippen LogP contribution in [0.15, 0.2) is 27.4 Å². The Morgan fingerprint density at radius 3 is 2.88 bits per heavy atom. The van der Waals surface area contributed by atoms with Crippen molar-refractivity contribution in [3.63, 3.8) is 0 Å². The molecule has 0 bridgehead atoms. The Bertz CT molecular complexity index is 552. The quantitative estimate of drug-likeness (QED) is 0.862. The maximum Gasteiger partial charge on any atom is 0.419 e. The van der Waals surface area contributed by atoms with Crippen molar-refractivity contribution in [1.29, 1.82) is 0 Å². The number of anilines is 1. The summed E-state index contributed by atoms with van der Waals surface area (Å²) in [5, 5.41) is 3.29. The highest BCUT2D eigenvalue weighted by Crippen LogP contribution is 2.17. The average Bonchev–Trinajstić information content (AvgIpc) is 2.52. The van der Waals surface area contributed by atoms with Gasteiger partial charge in [0.1, 0.15) is 0 Å². The van der Waals surface area contributed by atoms with Crippen molar-refractivity contribution in [2.24, 2.45) is 13.0 Å². The summed E-state index contributed by atoms with van der Waals surface area (Å²) in [7, 11) is 1.70. The first-order valence-corrected chi connectivity index (χ1v) is 5.41. The summed E-state index contributed by atoms with van der Waals surface area (Å²) in [6.45, 7) is 5.20.